The summed E-state index contributed by atoms with van der Waals surface area (Å²) in [5, 5.41) is 3.09. The number of anilines is 3. The topological polar surface area (TPSA) is 124 Å². The molecule has 40 heavy (non-hydrogen) atoms. The lowest BCUT2D eigenvalue weighted by molar-refractivity contribution is -0.122. The summed E-state index contributed by atoms with van der Waals surface area (Å²) in [6.07, 6.45) is 1.37. The minimum Gasteiger partial charge on any atom is -0.370 e. The van der Waals surface area contributed by atoms with Crippen molar-refractivity contribution in [2.75, 3.05) is 23.3 Å². The Hall–Kier alpha value is -3.94. The van der Waals surface area contributed by atoms with Crippen molar-refractivity contribution >= 4 is 56.6 Å². The van der Waals surface area contributed by atoms with Crippen LogP contribution in [-0.2, 0) is 11.8 Å². The Balaban J connectivity index is 1.63. The van der Waals surface area contributed by atoms with Crippen molar-refractivity contribution in [1.82, 2.24) is 13.7 Å². The van der Waals surface area contributed by atoms with E-state index in [0.29, 0.717) is 35.2 Å². The molecule has 10 nitrogen and oxygen atoms in total. The molecule has 3 N–H and O–H groups in total. The van der Waals surface area contributed by atoms with Crippen molar-refractivity contribution in [3.8, 4) is 5.69 Å². The first kappa shape index (κ1) is 26.3. The highest BCUT2D eigenvalue weighted by atomic mass is 127. The van der Waals surface area contributed by atoms with Gasteiger partial charge in [0.2, 0.25) is 5.91 Å². The summed E-state index contributed by atoms with van der Waals surface area (Å²) in [4.78, 5) is 54.9. The first-order valence-electron chi connectivity index (χ1n) is 12.8. The third-order valence-electron chi connectivity index (χ3n) is 7.68. The molecule has 2 aromatic heterocycles. The maximum atomic E-state index is 14.9. The molecule has 0 bridgehead atoms. The molecule has 1 aliphatic heterocycles. The second-order valence-electron chi connectivity index (χ2n) is 10.4. The third kappa shape index (κ3) is 4.21. The van der Waals surface area contributed by atoms with Crippen molar-refractivity contribution in [2.24, 2.45) is 18.7 Å². The molecule has 6 rings (SSSR count). The molecule has 1 saturated heterocycles. The number of nitrogens with one attached hydrogen (secondary N) is 1. The van der Waals surface area contributed by atoms with E-state index < -0.39 is 22.6 Å². The van der Waals surface area contributed by atoms with Crippen LogP contribution in [0.4, 0.5) is 21.6 Å². The number of nitrogens with two attached hydrogens (primary N) is 1. The second-order valence-corrected chi connectivity index (χ2v) is 11.6. The van der Waals surface area contributed by atoms with Gasteiger partial charge in [0.05, 0.1) is 22.8 Å². The number of hydrogen-bond donors (Lipinski definition) is 2. The molecule has 1 amide bonds. The number of hydrogen-bond acceptors (Lipinski definition) is 6. The number of rotatable bonds is 6. The van der Waals surface area contributed by atoms with Gasteiger partial charge in [0.15, 0.2) is 0 Å². The Labute approximate surface area is 241 Å². The highest BCUT2D eigenvalue weighted by molar-refractivity contribution is 14.1. The Morgan fingerprint density at radius 1 is 1.05 bits per heavy atom. The van der Waals surface area contributed by atoms with Crippen LogP contribution in [0.5, 0.6) is 0 Å². The van der Waals surface area contributed by atoms with Crippen molar-refractivity contribution in [1.29, 1.82) is 0 Å². The van der Waals surface area contributed by atoms with Crippen molar-refractivity contribution in [3.63, 3.8) is 0 Å². The minimum absolute atomic E-state index is 0.0967. The van der Waals surface area contributed by atoms with E-state index in [0.717, 1.165) is 5.69 Å². The molecule has 0 unspecified atom stereocenters. The quantitative estimate of drug-likeness (QED) is 0.308. The number of amides is 1. The number of halogens is 2. The predicted octanol–water partition coefficient (Wildman–Crippen LogP) is 2.90. The van der Waals surface area contributed by atoms with E-state index in [1.54, 1.807) is 37.3 Å². The summed E-state index contributed by atoms with van der Waals surface area (Å²) in [6.45, 7) is 2.50. The standard InChI is InChI=1S/C28H26FIN6O4/c1-14-23-22(25(33(2)26(14)38)32-21-9-6-16(30)10-20(21)29)27(39)36(17-7-8-17)28(40)35(23)19-5-3-4-18(11-19)34-12-15(13-34)24(31)37/h3-6,9-11,15,17,32H,7-8,12-13H2,1-2H3,(H2,31,37). The van der Waals surface area contributed by atoms with E-state index in [2.05, 4.69) is 5.32 Å². The molecule has 2 aliphatic rings. The number of fused-ring (bicyclic) bond motifs is 1. The fourth-order valence-corrected chi connectivity index (χ4v) is 5.72. The summed E-state index contributed by atoms with van der Waals surface area (Å²) < 4.78 is 19.5. The second kappa shape index (κ2) is 9.61. The number of carbonyl (C=O) groups excluding carboxylic acids is 1. The number of aromatic nitrogens is 3. The maximum absolute atomic E-state index is 14.9. The highest BCUT2D eigenvalue weighted by Gasteiger charge is 2.33. The lowest BCUT2D eigenvalue weighted by atomic mass is 9.98. The smallest absolute Gasteiger partial charge is 0.336 e. The zero-order chi connectivity index (χ0) is 28.5. The minimum atomic E-state index is -0.543. The van der Waals surface area contributed by atoms with Crippen LogP contribution in [0.25, 0.3) is 16.6 Å². The normalized spacial score (nSPS) is 15.3. The summed E-state index contributed by atoms with van der Waals surface area (Å²) in [6, 6.07) is 11.5. The lowest BCUT2D eigenvalue weighted by Gasteiger charge is -2.39. The molecule has 0 radical (unpaired) electrons. The molecule has 3 heterocycles. The summed E-state index contributed by atoms with van der Waals surface area (Å²) >= 11 is 2.00. The average Bonchev–Trinajstić information content (AvgIpc) is 3.71. The molecular formula is C28H26FIN6O4. The van der Waals surface area contributed by atoms with E-state index in [9.17, 15) is 23.6 Å². The van der Waals surface area contributed by atoms with Crippen LogP contribution >= 0.6 is 22.6 Å². The van der Waals surface area contributed by atoms with Crippen molar-refractivity contribution in [3.05, 3.63) is 88.6 Å². The van der Waals surface area contributed by atoms with Crippen LogP contribution in [-0.4, -0.2) is 32.7 Å². The zero-order valence-electron chi connectivity index (χ0n) is 21.8. The average molecular weight is 656 g/mol. The molecule has 2 aromatic carbocycles. The molecule has 12 heteroatoms. The van der Waals surface area contributed by atoms with E-state index in [1.165, 1.54) is 26.8 Å². The zero-order valence-corrected chi connectivity index (χ0v) is 23.9. The van der Waals surface area contributed by atoms with Gasteiger partial charge in [-0.3, -0.25) is 28.1 Å². The Morgan fingerprint density at radius 2 is 1.75 bits per heavy atom. The molecule has 0 spiro atoms. The lowest BCUT2D eigenvalue weighted by Crippen LogP contribution is -2.52. The maximum Gasteiger partial charge on any atom is 0.336 e. The van der Waals surface area contributed by atoms with Gasteiger partial charge in [-0.05, 0) is 78.8 Å². The van der Waals surface area contributed by atoms with E-state index in [1.807, 2.05) is 33.6 Å². The summed E-state index contributed by atoms with van der Waals surface area (Å²) in [7, 11) is 1.51. The van der Waals surface area contributed by atoms with Gasteiger partial charge in [-0.15, -0.1) is 0 Å². The number of benzene rings is 2. The molecule has 1 saturated carbocycles. The Bertz CT molecular complexity index is 1900. The van der Waals surface area contributed by atoms with Gasteiger partial charge in [-0.1, -0.05) is 6.07 Å². The molecular weight excluding hydrogens is 630 g/mol. The van der Waals surface area contributed by atoms with Gasteiger partial charge in [0, 0.05) is 41.0 Å². The van der Waals surface area contributed by atoms with E-state index >= 15 is 0 Å². The van der Waals surface area contributed by atoms with Crippen LogP contribution in [0, 0.1) is 22.2 Å². The van der Waals surface area contributed by atoms with Crippen LogP contribution in [0.15, 0.2) is 56.8 Å². The highest BCUT2D eigenvalue weighted by Crippen LogP contribution is 2.34. The molecule has 206 valence electrons. The van der Waals surface area contributed by atoms with Crippen molar-refractivity contribution < 1.29 is 9.18 Å². The number of nitrogens with zero attached hydrogens (tertiary/aromatic N) is 4. The monoisotopic (exact) mass is 656 g/mol. The predicted molar refractivity (Wildman–Crippen MR) is 159 cm³/mol. The van der Waals surface area contributed by atoms with Gasteiger partial charge in [0.1, 0.15) is 17.0 Å². The van der Waals surface area contributed by atoms with Gasteiger partial charge >= 0.3 is 5.69 Å². The molecule has 4 aromatic rings. The van der Waals surface area contributed by atoms with Crippen LogP contribution in [0.2, 0.25) is 0 Å². The van der Waals surface area contributed by atoms with E-state index in [4.69, 9.17) is 5.73 Å². The number of aryl methyl sites for hydroxylation is 1. The Morgan fingerprint density at radius 3 is 2.40 bits per heavy atom. The van der Waals surface area contributed by atoms with Crippen LogP contribution < -0.4 is 32.8 Å². The molecule has 1 aliphatic carbocycles. The van der Waals surface area contributed by atoms with Gasteiger partial charge in [-0.25, -0.2) is 9.18 Å². The number of carbonyl (C=O) groups is 1. The number of pyridine rings is 1. The molecule has 0 atom stereocenters. The third-order valence-corrected chi connectivity index (χ3v) is 8.35. The van der Waals surface area contributed by atoms with Crippen LogP contribution in [0.3, 0.4) is 0 Å². The SMILES string of the molecule is Cc1c(=O)n(C)c(Nc2ccc(I)cc2F)c2c(=O)n(C3CC3)c(=O)n(-c3cccc(N4CC(C(N)=O)C4)c3)c12. The van der Waals surface area contributed by atoms with Gasteiger partial charge in [0.25, 0.3) is 11.1 Å². The molecule has 2 fully saturated rings. The Kier molecular flexibility index (Phi) is 6.32. The van der Waals surface area contributed by atoms with Crippen molar-refractivity contribution in [2.45, 2.75) is 25.8 Å². The van der Waals surface area contributed by atoms with Gasteiger partial charge < -0.3 is 16.0 Å². The fraction of sp³-hybridized carbons (Fsp3) is 0.286. The largest absolute Gasteiger partial charge is 0.370 e. The first-order valence-corrected chi connectivity index (χ1v) is 13.9. The van der Waals surface area contributed by atoms with E-state index in [-0.39, 0.29) is 45.8 Å². The number of primary amides is 1. The summed E-state index contributed by atoms with van der Waals surface area (Å²) in [5.74, 6) is -1.05. The van der Waals surface area contributed by atoms with Gasteiger partial charge in [-0.2, -0.15) is 0 Å². The summed E-state index contributed by atoms with van der Waals surface area (Å²) in [5.41, 5.74) is 5.64. The fourth-order valence-electron chi connectivity index (χ4n) is 5.27. The van der Waals surface area contributed by atoms with Crippen LogP contribution in [0.1, 0.15) is 24.4 Å². The first-order chi connectivity index (χ1) is 19.1.